The zero-order valence-corrected chi connectivity index (χ0v) is 12.5. The molecular weight excluding hydrogens is 252 g/mol. The van der Waals surface area contributed by atoms with Gasteiger partial charge >= 0.3 is 0 Å². The fourth-order valence-corrected chi connectivity index (χ4v) is 2.60. The third-order valence-corrected chi connectivity index (χ3v) is 3.68. The summed E-state index contributed by atoms with van der Waals surface area (Å²) in [4.78, 5) is 0. The van der Waals surface area contributed by atoms with Crippen molar-refractivity contribution in [2.45, 2.75) is 64.3 Å². The predicted octanol–water partition coefficient (Wildman–Crippen LogP) is 3.86. The number of aliphatic hydroxyl groups excluding tert-OH is 1. The lowest BCUT2D eigenvalue weighted by Crippen LogP contribution is -2.20. The van der Waals surface area contributed by atoms with E-state index in [1.165, 1.54) is 19.3 Å². The molecule has 0 bridgehead atoms. The van der Waals surface area contributed by atoms with Crippen LogP contribution >= 0.6 is 0 Å². The van der Waals surface area contributed by atoms with E-state index in [4.69, 9.17) is 9.47 Å². The zero-order valence-electron chi connectivity index (χ0n) is 12.5. The van der Waals surface area contributed by atoms with Crippen LogP contribution in [-0.4, -0.2) is 23.9 Å². The highest BCUT2D eigenvalue weighted by Crippen LogP contribution is 2.23. The first kappa shape index (κ1) is 15.3. The summed E-state index contributed by atoms with van der Waals surface area (Å²) in [6, 6.07) is 7.62. The Morgan fingerprint density at radius 3 is 2.35 bits per heavy atom. The Hall–Kier alpha value is -1.06. The van der Waals surface area contributed by atoms with Crippen molar-refractivity contribution in [3.05, 3.63) is 29.8 Å². The molecule has 20 heavy (non-hydrogen) atoms. The van der Waals surface area contributed by atoms with Crippen LogP contribution < -0.4 is 4.74 Å². The molecule has 1 saturated carbocycles. The third-order valence-electron chi connectivity index (χ3n) is 3.68. The van der Waals surface area contributed by atoms with Crippen molar-refractivity contribution in [3.63, 3.8) is 0 Å². The second-order valence-corrected chi connectivity index (χ2v) is 5.84. The van der Waals surface area contributed by atoms with Gasteiger partial charge in [0.15, 0.2) is 0 Å². The van der Waals surface area contributed by atoms with Crippen molar-refractivity contribution in [2.24, 2.45) is 0 Å². The molecular formula is C17H26O3. The van der Waals surface area contributed by atoms with Crippen LogP contribution in [-0.2, 0) is 4.74 Å². The van der Waals surface area contributed by atoms with Crippen molar-refractivity contribution in [3.8, 4) is 5.75 Å². The molecule has 1 aliphatic carbocycles. The van der Waals surface area contributed by atoms with Crippen LogP contribution in [0.2, 0.25) is 0 Å². The van der Waals surface area contributed by atoms with Crippen LogP contribution in [0.15, 0.2) is 24.3 Å². The number of hydrogen-bond acceptors (Lipinski definition) is 3. The molecule has 0 heterocycles. The van der Waals surface area contributed by atoms with Gasteiger partial charge in [-0.15, -0.1) is 0 Å². The molecule has 1 fully saturated rings. The Bertz CT molecular complexity index is 380. The molecule has 0 saturated heterocycles. The van der Waals surface area contributed by atoms with Crippen molar-refractivity contribution < 1.29 is 14.6 Å². The average molecular weight is 278 g/mol. The summed E-state index contributed by atoms with van der Waals surface area (Å²) in [7, 11) is 0. The highest BCUT2D eigenvalue weighted by atomic mass is 16.5. The molecule has 0 amide bonds. The number of rotatable bonds is 6. The lowest BCUT2D eigenvalue weighted by Gasteiger charge is -2.23. The van der Waals surface area contributed by atoms with Gasteiger partial charge in [0, 0.05) is 0 Å². The molecule has 0 radical (unpaired) electrons. The normalized spacial score (nSPS) is 18.2. The second-order valence-electron chi connectivity index (χ2n) is 5.84. The summed E-state index contributed by atoms with van der Waals surface area (Å²) < 4.78 is 11.4. The first-order valence-electron chi connectivity index (χ1n) is 7.71. The molecule has 0 aromatic heterocycles. The summed E-state index contributed by atoms with van der Waals surface area (Å²) in [5.41, 5.74) is 0.886. The molecule has 112 valence electrons. The maximum atomic E-state index is 10.2. The molecule has 3 heteroatoms. The van der Waals surface area contributed by atoms with E-state index in [-0.39, 0.29) is 6.10 Å². The van der Waals surface area contributed by atoms with E-state index in [1.807, 2.05) is 38.1 Å². The van der Waals surface area contributed by atoms with Gasteiger partial charge < -0.3 is 14.6 Å². The Morgan fingerprint density at radius 1 is 1.10 bits per heavy atom. The monoisotopic (exact) mass is 278 g/mol. The molecule has 2 rings (SSSR count). The van der Waals surface area contributed by atoms with Crippen LogP contribution in [0.3, 0.4) is 0 Å². The Kier molecular flexibility index (Phi) is 5.86. The van der Waals surface area contributed by atoms with Crippen molar-refractivity contribution in [2.75, 3.05) is 6.61 Å². The van der Waals surface area contributed by atoms with E-state index in [1.54, 1.807) is 0 Å². The Morgan fingerprint density at radius 2 is 1.75 bits per heavy atom. The highest BCUT2D eigenvalue weighted by Gasteiger charge is 2.16. The molecule has 1 aromatic rings. The summed E-state index contributed by atoms with van der Waals surface area (Å²) in [6.07, 6.45) is 6.04. The van der Waals surface area contributed by atoms with E-state index in [2.05, 4.69) is 0 Å². The largest absolute Gasteiger partial charge is 0.491 e. The van der Waals surface area contributed by atoms with Gasteiger partial charge in [0.2, 0.25) is 0 Å². The molecule has 1 aliphatic rings. The number of benzene rings is 1. The van der Waals surface area contributed by atoms with Crippen LogP contribution in [0, 0.1) is 0 Å². The molecule has 0 aliphatic heterocycles. The van der Waals surface area contributed by atoms with E-state index < -0.39 is 6.10 Å². The lowest BCUT2D eigenvalue weighted by molar-refractivity contribution is -0.0246. The van der Waals surface area contributed by atoms with E-state index >= 15 is 0 Å². The van der Waals surface area contributed by atoms with Gasteiger partial charge in [-0.1, -0.05) is 31.4 Å². The minimum absolute atomic E-state index is 0.167. The lowest BCUT2D eigenvalue weighted by atomic mass is 9.98. The van der Waals surface area contributed by atoms with Gasteiger partial charge in [0.1, 0.15) is 11.9 Å². The summed E-state index contributed by atoms with van der Waals surface area (Å²) in [6.45, 7) is 4.39. The van der Waals surface area contributed by atoms with Gasteiger partial charge in [-0.3, -0.25) is 0 Å². The number of hydrogen-bond donors (Lipinski definition) is 1. The predicted molar refractivity (Wildman–Crippen MR) is 80.0 cm³/mol. The van der Waals surface area contributed by atoms with Crippen LogP contribution in [0.4, 0.5) is 0 Å². The summed E-state index contributed by atoms with van der Waals surface area (Å²) in [5, 5.41) is 10.2. The van der Waals surface area contributed by atoms with Crippen LogP contribution in [0.5, 0.6) is 5.75 Å². The molecule has 1 N–H and O–H groups in total. The van der Waals surface area contributed by atoms with Gasteiger partial charge in [0.05, 0.1) is 18.8 Å². The minimum Gasteiger partial charge on any atom is -0.491 e. The first-order chi connectivity index (χ1) is 9.65. The quantitative estimate of drug-likeness (QED) is 0.859. The topological polar surface area (TPSA) is 38.7 Å². The molecule has 3 nitrogen and oxygen atoms in total. The standard InChI is InChI=1S/C17H26O3/c1-13(2)20-16-10-8-14(9-11-16)17(18)12-19-15-6-4-3-5-7-15/h8-11,13,15,17-18H,3-7,12H2,1-2H3. The van der Waals surface area contributed by atoms with E-state index in [0.717, 1.165) is 24.2 Å². The van der Waals surface area contributed by atoms with Gasteiger partial charge in [0.25, 0.3) is 0 Å². The smallest absolute Gasteiger partial charge is 0.119 e. The van der Waals surface area contributed by atoms with E-state index in [9.17, 15) is 5.11 Å². The Labute approximate surface area is 121 Å². The summed E-state index contributed by atoms with van der Waals surface area (Å²) >= 11 is 0. The number of ether oxygens (including phenoxy) is 2. The van der Waals surface area contributed by atoms with Crippen molar-refractivity contribution in [1.29, 1.82) is 0 Å². The molecule has 1 unspecified atom stereocenters. The maximum absolute atomic E-state index is 10.2. The molecule has 0 spiro atoms. The van der Waals surface area contributed by atoms with Gasteiger partial charge in [-0.2, -0.15) is 0 Å². The zero-order chi connectivity index (χ0) is 14.4. The first-order valence-corrected chi connectivity index (χ1v) is 7.71. The fourth-order valence-electron chi connectivity index (χ4n) is 2.60. The van der Waals surface area contributed by atoms with E-state index in [0.29, 0.717) is 12.7 Å². The minimum atomic E-state index is -0.551. The summed E-state index contributed by atoms with van der Waals surface area (Å²) in [5.74, 6) is 0.837. The third kappa shape index (κ3) is 4.80. The van der Waals surface area contributed by atoms with Crippen LogP contribution in [0.1, 0.15) is 57.6 Å². The molecule has 1 atom stereocenters. The maximum Gasteiger partial charge on any atom is 0.119 e. The SMILES string of the molecule is CC(C)Oc1ccc(C(O)COC2CCCCC2)cc1. The van der Waals surface area contributed by atoms with Gasteiger partial charge in [-0.25, -0.2) is 0 Å². The van der Waals surface area contributed by atoms with Gasteiger partial charge in [-0.05, 0) is 44.4 Å². The highest BCUT2D eigenvalue weighted by molar-refractivity contribution is 5.28. The van der Waals surface area contributed by atoms with Crippen molar-refractivity contribution in [1.82, 2.24) is 0 Å². The fraction of sp³-hybridized carbons (Fsp3) is 0.647. The Balaban J connectivity index is 1.80. The second kappa shape index (κ2) is 7.65. The van der Waals surface area contributed by atoms with Crippen LogP contribution in [0.25, 0.3) is 0 Å². The average Bonchev–Trinajstić information content (AvgIpc) is 2.46. The van der Waals surface area contributed by atoms with Crippen molar-refractivity contribution >= 4 is 0 Å². The molecule has 1 aromatic carbocycles. The number of aliphatic hydroxyl groups is 1.